The monoisotopic (exact) mass is 251 g/mol. The Morgan fingerprint density at radius 1 is 1.11 bits per heavy atom. The average molecular weight is 251 g/mol. The zero-order chi connectivity index (χ0) is 13.4. The predicted octanol–water partition coefficient (Wildman–Crippen LogP) is 1.15. The first kappa shape index (κ1) is 14.0. The number of amides is 3. The van der Waals surface area contributed by atoms with Crippen molar-refractivity contribution in [1.82, 2.24) is 5.32 Å². The molecule has 4 N–H and O–H groups in total. The molecule has 0 aliphatic heterocycles. The van der Waals surface area contributed by atoms with Gasteiger partial charge in [0.1, 0.15) is 0 Å². The zero-order valence-corrected chi connectivity index (χ0v) is 10.2. The molecule has 1 aromatic carbocycles. The fourth-order valence-electron chi connectivity index (χ4n) is 1.29. The minimum atomic E-state index is -0.297. The topological polar surface area (TPSA) is 90.5 Å². The van der Waals surface area contributed by atoms with Crippen LogP contribution in [0.4, 0.5) is 16.2 Å². The van der Waals surface area contributed by atoms with Crippen molar-refractivity contribution in [2.45, 2.75) is 12.8 Å². The number of aliphatic hydroxyl groups is 1. The number of carbonyl (C=O) groups excluding carboxylic acids is 2. The van der Waals surface area contributed by atoms with Gasteiger partial charge in [0.05, 0.1) is 0 Å². The lowest BCUT2D eigenvalue weighted by Crippen LogP contribution is -2.24. The van der Waals surface area contributed by atoms with Crippen molar-refractivity contribution >= 4 is 23.3 Å². The van der Waals surface area contributed by atoms with Gasteiger partial charge in [0.15, 0.2) is 0 Å². The standard InChI is InChI=1S/C12H17N3O3/c1-13-12(18)15-10-6-4-9(5-7-10)14-11(17)3-2-8-16/h4-7,16H,2-3,8H2,1H3,(H,14,17)(H2,13,15,18). The van der Waals surface area contributed by atoms with Crippen LogP contribution >= 0.6 is 0 Å². The van der Waals surface area contributed by atoms with Crippen LogP contribution in [0.3, 0.4) is 0 Å². The van der Waals surface area contributed by atoms with Crippen molar-refractivity contribution in [3.05, 3.63) is 24.3 Å². The van der Waals surface area contributed by atoms with Gasteiger partial charge < -0.3 is 21.1 Å². The third-order valence-electron chi connectivity index (χ3n) is 2.22. The number of nitrogens with one attached hydrogen (secondary N) is 3. The first-order valence-corrected chi connectivity index (χ1v) is 5.65. The van der Waals surface area contributed by atoms with E-state index in [1.165, 1.54) is 7.05 Å². The van der Waals surface area contributed by atoms with Crippen LogP contribution in [0.5, 0.6) is 0 Å². The van der Waals surface area contributed by atoms with Crippen LogP contribution in [0.2, 0.25) is 0 Å². The predicted molar refractivity (Wildman–Crippen MR) is 69.5 cm³/mol. The van der Waals surface area contributed by atoms with E-state index >= 15 is 0 Å². The average Bonchev–Trinajstić information content (AvgIpc) is 2.38. The lowest BCUT2D eigenvalue weighted by atomic mass is 10.2. The SMILES string of the molecule is CNC(=O)Nc1ccc(NC(=O)CCCO)cc1. The number of rotatable bonds is 5. The van der Waals surface area contributed by atoms with Crippen LogP contribution in [0, 0.1) is 0 Å². The Morgan fingerprint density at radius 2 is 1.67 bits per heavy atom. The molecule has 0 spiro atoms. The number of aliphatic hydroxyl groups excluding tert-OH is 1. The van der Waals surface area contributed by atoms with Crippen molar-refractivity contribution in [2.24, 2.45) is 0 Å². The van der Waals surface area contributed by atoms with E-state index in [1.807, 2.05) is 0 Å². The van der Waals surface area contributed by atoms with E-state index in [1.54, 1.807) is 24.3 Å². The van der Waals surface area contributed by atoms with Crippen LogP contribution in [-0.2, 0) is 4.79 Å². The first-order valence-electron chi connectivity index (χ1n) is 5.65. The highest BCUT2D eigenvalue weighted by Gasteiger charge is 2.02. The summed E-state index contributed by atoms with van der Waals surface area (Å²) >= 11 is 0. The van der Waals surface area contributed by atoms with Gasteiger partial charge in [-0.25, -0.2) is 4.79 Å². The van der Waals surface area contributed by atoms with Gasteiger partial charge in [-0.2, -0.15) is 0 Å². The van der Waals surface area contributed by atoms with Gasteiger partial charge in [-0.15, -0.1) is 0 Å². The van der Waals surface area contributed by atoms with E-state index in [9.17, 15) is 9.59 Å². The van der Waals surface area contributed by atoms with E-state index in [0.29, 0.717) is 17.8 Å². The summed E-state index contributed by atoms with van der Waals surface area (Å²) in [4.78, 5) is 22.4. The molecule has 0 fully saturated rings. The zero-order valence-electron chi connectivity index (χ0n) is 10.2. The minimum Gasteiger partial charge on any atom is -0.396 e. The number of carbonyl (C=O) groups is 2. The molecule has 6 nitrogen and oxygen atoms in total. The minimum absolute atomic E-state index is 0.00239. The quantitative estimate of drug-likeness (QED) is 0.632. The van der Waals surface area contributed by atoms with Gasteiger partial charge in [0, 0.05) is 31.5 Å². The summed E-state index contributed by atoms with van der Waals surface area (Å²) in [5.41, 5.74) is 1.29. The Kier molecular flexibility index (Phi) is 5.66. The highest BCUT2D eigenvalue weighted by Crippen LogP contribution is 2.13. The van der Waals surface area contributed by atoms with E-state index in [4.69, 9.17) is 5.11 Å². The summed E-state index contributed by atoms with van der Waals surface area (Å²) < 4.78 is 0. The molecule has 0 aliphatic rings. The van der Waals surface area contributed by atoms with E-state index in [0.717, 1.165) is 0 Å². The smallest absolute Gasteiger partial charge is 0.318 e. The van der Waals surface area contributed by atoms with Crippen LogP contribution in [0.1, 0.15) is 12.8 Å². The number of urea groups is 1. The van der Waals surface area contributed by atoms with Crippen LogP contribution in [-0.4, -0.2) is 30.7 Å². The molecule has 98 valence electrons. The Balaban J connectivity index is 2.49. The molecule has 0 aliphatic carbocycles. The summed E-state index contributed by atoms with van der Waals surface area (Å²) in [6.45, 7) is 0.00239. The van der Waals surface area contributed by atoms with Gasteiger partial charge >= 0.3 is 6.03 Å². The number of hydrogen-bond acceptors (Lipinski definition) is 3. The third-order valence-corrected chi connectivity index (χ3v) is 2.22. The summed E-state index contributed by atoms with van der Waals surface area (Å²) in [6.07, 6.45) is 0.733. The van der Waals surface area contributed by atoms with Crippen LogP contribution in [0.15, 0.2) is 24.3 Å². The van der Waals surface area contributed by atoms with Crippen molar-refractivity contribution < 1.29 is 14.7 Å². The molecule has 1 aromatic rings. The van der Waals surface area contributed by atoms with E-state index in [2.05, 4.69) is 16.0 Å². The highest BCUT2D eigenvalue weighted by atomic mass is 16.3. The van der Waals surface area contributed by atoms with Gasteiger partial charge in [-0.1, -0.05) is 0 Å². The van der Waals surface area contributed by atoms with Crippen LogP contribution in [0.25, 0.3) is 0 Å². The van der Waals surface area contributed by atoms with E-state index < -0.39 is 0 Å². The van der Waals surface area contributed by atoms with Crippen molar-refractivity contribution in [3.8, 4) is 0 Å². The van der Waals surface area contributed by atoms with Crippen molar-refractivity contribution in [1.29, 1.82) is 0 Å². The van der Waals surface area contributed by atoms with E-state index in [-0.39, 0.29) is 25.0 Å². The van der Waals surface area contributed by atoms with Crippen molar-refractivity contribution in [2.75, 3.05) is 24.3 Å². The highest BCUT2D eigenvalue weighted by molar-refractivity contribution is 5.92. The van der Waals surface area contributed by atoms with Gasteiger partial charge in [0.25, 0.3) is 0 Å². The molecular weight excluding hydrogens is 234 g/mol. The molecule has 0 saturated carbocycles. The second-order valence-corrected chi connectivity index (χ2v) is 3.66. The molecular formula is C12H17N3O3. The van der Waals surface area contributed by atoms with Crippen molar-refractivity contribution in [3.63, 3.8) is 0 Å². The summed E-state index contributed by atoms with van der Waals surface area (Å²) in [7, 11) is 1.53. The molecule has 3 amide bonds. The second-order valence-electron chi connectivity index (χ2n) is 3.66. The lowest BCUT2D eigenvalue weighted by Gasteiger charge is -2.07. The Hall–Kier alpha value is -2.08. The maximum Gasteiger partial charge on any atom is 0.318 e. The van der Waals surface area contributed by atoms with Gasteiger partial charge in [0.2, 0.25) is 5.91 Å². The Bertz CT molecular complexity index is 404. The first-order chi connectivity index (χ1) is 8.65. The largest absolute Gasteiger partial charge is 0.396 e. The second kappa shape index (κ2) is 7.29. The molecule has 18 heavy (non-hydrogen) atoms. The molecule has 0 aromatic heterocycles. The number of benzene rings is 1. The molecule has 1 rings (SSSR count). The molecule has 0 atom stereocenters. The molecule has 0 heterocycles. The molecule has 0 radical (unpaired) electrons. The summed E-state index contributed by atoms with van der Waals surface area (Å²) in [5.74, 6) is -0.143. The fourth-order valence-corrected chi connectivity index (χ4v) is 1.29. The third kappa shape index (κ3) is 4.84. The number of hydrogen-bond donors (Lipinski definition) is 4. The Labute approximate surface area is 105 Å². The normalized spacial score (nSPS) is 9.67. The molecule has 0 saturated heterocycles. The lowest BCUT2D eigenvalue weighted by molar-refractivity contribution is -0.116. The summed E-state index contributed by atoms with van der Waals surface area (Å²) in [6, 6.07) is 6.48. The maximum absolute atomic E-state index is 11.4. The molecule has 6 heteroatoms. The van der Waals surface area contributed by atoms with Gasteiger partial charge in [-0.05, 0) is 30.7 Å². The maximum atomic E-state index is 11.4. The van der Waals surface area contributed by atoms with Crippen LogP contribution < -0.4 is 16.0 Å². The Morgan fingerprint density at radius 3 is 2.17 bits per heavy atom. The molecule has 0 unspecified atom stereocenters. The summed E-state index contributed by atoms with van der Waals surface area (Å²) in [5, 5.41) is 16.3. The van der Waals surface area contributed by atoms with Gasteiger partial charge in [-0.3, -0.25) is 4.79 Å². The fraction of sp³-hybridized carbons (Fsp3) is 0.333. The number of anilines is 2. The molecule has 0 bridgehead atoms.